The van der Waals surface area contributed by atoms with Gasteiger partial charge in [-0.15, -0.1) is 15.3 Å². The molecular weight excluding hydrogens is 310 g/mol. The minimum Gasteiger partial charge on any atom is -0.381 e. The molecule has 2 N–H and O–H groups in total. The van der Waals surface area contributed by atoms with Crippen LogP contribution in [0.4, 0.5) is 0 Å². The standard InChI is InChI=1S/C14H19N9O/c1-22-10-6-5-9-14(22,13(24)7-3-2-4-8-13)23-12(17-20-21-23)11-15-18-19-16-11/h2-4,7,24H,5-6,8-10H2,1H3,(H,15,16,18,19). The summed E-state index contributed by atoms with van der Waals surface area (Å²) in [6.07, 6.45) is 10.8. The van der Waals surface area contributed by atoms with Crippen LogP contribution in [0.25, 0.3) is 11.6 Å². The molecule has 10 heteroatoms. The van der Waals surface area contributed by atoms with E-state index in [2.05, 4.69) is 41.0 Å². The minimum absolute atomic E-state index is 0.303. The molecule has 10 nitrogen and oxygen atoms in total. The number of allylic oxidation sites excluding steroid dienone is 2. The Morgan fingerprint density at radius 1 is 1.25 bits per heavy atom. The van der Waals surface area contributed by atoms with Gasteiger partial charge in [0.2, 0.25) is 11.6 Å². The summed E-state index contributed by atoms with van der Waals surface area (Å²) in [5.41, 5.74) is -1.95. The smallest absolute Gasteiger partial charge is 0.243 e. The third-order valence-corrected chi connectivity index (χ3v) is 5.01. The second kappa shape index (κ2) is 5.56. The van der Waals surface area contributed by atoms with Gasteiger partial charge in [0, 0.05) is 13.0 Å². The first-order valence-electron chi connectivity index (χ1n) is 7.98. The van der Waals surface area contributed by atoms with E-state index in [1.807, 2.05) is 31.4 Å². The van der Waals surface area contributed by atoms with Gasteiger partial charge < -0.3 is 5.11 Å². The van der Waals surface area contributed by atoms with Gasteiger partial charge in [-0.2, -0.15) is 9.90 Å². The average molecular weight is 329 g/mol. The quantitative estimate of drug-likeness (QED) is 0.798. The molecule has 1 fully saturated rings. The summed E-state index contributed by atoms with van der Waals surface area (Å²) >= 11 is 0. The number of nitrogens with zero attached hydrogens (tertiary/aromatic N) is 8. The fourth-order valence-corrected chi connectivity index (χ4v) is 3.83. The summed E-state index contributed by atoms with van der Waals surface area (Å²) in [4.78, 5) is 2.12. The predicted octanol–water partition coefficient (Wildman–Crippen LogP) is -0.131. The van der Waals surface area contributed by atoms with Gasteiger partial charge >= 0.3 is 0 Å². The zero-order valence-corrected chi connectivity index (χ0v) is 13.4. The van der Waals surface area contributed by atoms with Crippen LogP contribution in [-0.4, -0.2) is 70.0 Å². The van der Waals surface area contributed by atoms with Crippen molar-refractivity contribution >= 4 is 0 Å². The van der Waals surface area contributed by atoms with Crippen molar-refractivity contribution in [2.75, 3.05) is 13.6 Å². The number of aliphatic hydroxyl groups is 1. The molecule has 3 heterocycles. The van der Waals surface area contributed by atoms with Crippen molar-refractivity contribution in [2.45, 2.75) is 36.9 Å². The van der Waals surface area contributed by atoms with E-state index in [9.17, 15) is 5.11 Å². The maximum atomic E-state index is 11.6. The second-order valence-corrected chi connectivity index (χ2v) is 6.26. The first-order valence-corrected chi connectivity index (χ1v) is 7.98. The van der Waals surface area contributed by atoms with Gasteiger partial charge in [0.05, 0.1) is 0 Å². The Balaban J connectivity index is 1.91. The molecule has 1 aliphatic carbocycles. The number of aromatic amines is 1. The normalized spacial score (nSPS) is 30.8. The minimum atomic E-state index is -1.13. The zero-order valence-electron chi connectivity index (χ0n) is 13.4. The Morgan fingerprint density at radius 3 is 2.88 bits per heavy atom. The Labute approximate surface area is 138 Å². The maximum absolute atomic E-state index is 11.6. The van der Waals surface area contributed by atoms with Crippen LogP contribution in [-0.2, 0) is 5.66 Å². The number of H-pyrrole nitrogens is 1. The Kier molecular flexibility index (Phi) is 3.50. The first-order chi connectivity index (χ1) is 11.7. The Bertz CT molecular complexity index is 767. The summed E-state index contributed by atoms with van der Waals surface area (Å²) in [5, 5.41) is 37.7. The van der Waals surface area contributed by atoms with Crippen LogP contribution < -0.4 is 0 Å². The van der Waals surface area contributed by atoms with Crippen LogP contribution in [0.1, 0.15) is 25.7 Å². The van der Waals surface area contributed by atoms with E-state index < -0.39 is 11.3 Å². The van der Waals surface area contributed by atoms with E-state index in [0.29, 0.717) is 24.5 Å². The number of likely N-dealkylation sites (tertiary alicyclic amines) is 1. The van der Waals surface area contributed by atoms with Gasteiger partial charge in [0.25, 0.3) is 0 Å². The number of hydrogen-bond acceptors (Lipinski definition) is 8. The van der Waals surface area contributed by atoms with Gasteiger partial charge in [0.15, 0.2) is 5.66 Å². The lowest BCUT2D eigenvalue weighted by Crippen LogP contribution is -2.65. The Hall–Kier alpha value is -2.46. The summed E-state index contributed by atoms with van der Waals surface area (Å²) in [5.74, 6) is 0.686. The summed E-state index contributed by atoms with van der Waals surface area (Å²) in [6.45, 7) is 0.839. The molecule has 0 amide bonds. The van der Waals surface area contributed by atoms with Crippen molar-refractivity contribution in [3.05, 3.63) is 24.3 Å². The van der Waals surface area contributed by atoms with Crippen molar-refractivity contribution in [2.24, 2.45) is 0 Å². The highest BCUT2D eigenvalue weighted by molar-refractivity contribution is 5.41. The molecule has 1 aliphatic heterocycles. The van der Waals surface area contributed by atoms with Crippen LogP contribution in [0.3, 0.4) is 0 Å². The van der Waals surface area contributed by atoms with Crippen molar-refractivity contribution < 1.29 is 5.11 Å². The number of nitrogens with one attached hydrogen (secondary N) is 1. The lowest BCUT2D eigenvalue weighted by molar-refractivity contribution is -0.149. The molecule has 126 valence electrons. The summed E-state index contributed by atoms with van der Waals surface area (Å²) in [6, 6.07) is 0. The molecular formula is C14H19N9O. The van der Waals surface area contributed by atoms with Crippen molar-refractivity contribution in [3.63, 3.8) is 0 Å². The number of likely N-dealkylation sites (N-methyl/N-ethyl adjacent to an activating group) is 1. The lowest BCUT2D eigenvalue weighted by Gasteiger charge is -2.53. The molecule has 2 aromatic heterocycles. The highest BCUT2D eigenvalue weighted by atomic mass is 16.3. The van der Waals surface area contributed by atoms with E-state index in [1.54, 1.807) is 4.68 Å². The van der Waals surface area contributed by atoms with Gasteiger partial charge in [-0.1, -0.05) is 18.2 Å². The number of tetrazole rings is 2. The molecule has 4 rings (SSSR count). The van der Waals surface area contributed by atoms with Gasteiger partial charge in [-0.3, -0.25) is 4.90 Å². The molecule has 0 bridgehead atoms. The van der Waals surface area contributed by atoms with E-state index in [-0.39, 0.29) is 0 Å². The van der Waals surface area contributed by atoms with Crippen LogP contribution in [0.5, 0.6) is 0 Å². The fraction of sp³-hybridized carbons (Fsp3) is 0.571. The third-order valence-electron chi connectivity index (χ3n) is 5.01. The molecule has 2 aliphatic rings. The van der Waals surface area contributed by atoms with Crippen LogP contribution >= 0.6 is 0 Å². The fourth-order valence-electron chi connectivity index (χ4n) is 3.83. The molecule has 0 saturated carbocycles. The second-order valence-electron chi connectivity index (χ2n) is 6.26. The maximum Gasteiger partial charge on any atom is 0.243 e. The van der Waals surface area contributed by atoms with Crippen LogP contribution in [0, 0.1) is 0 Å². The van der Waals surface area contributed by atoms with Crippen LogP contribution in [0.15, 0.2) is 24.3 Å². The lowest BCUT2D eigenvalue weighted by atomic mass is 9.76. The SMILES string of the molecule is CN1CCCCC1(n1nnnc1-c1nn[nH]n1)C1(O)C=CC=CC1. The van der Waals surface area contributed by atoms with Gasteiger partial charge in [-0.25, -0.2) is 0 Å². The number of rotatable bonds is 3. The molecule has 2 unspecified atom stereocenters. The van der Waals surface area contributed by atoms with Crippen molar-refractivity contribution in [1.82, 2.24) is 45.7 Å². The predicted molar refractivity (Wildman–Crippen MR) is 83.3 cm³/mol. The summed E-state index contributed by atoms with van der Waals surface area (Å²) < 4.78 is 1.65. The zero-order chi connectivity index (χ0) is 16.6. The molecule has 2 atom stereocenters. The topological polar surface area (TPSA) is 122 Å². The van der Waals surface area contributed by atoms with Gasteiger partial charge in [-0.05, 0) is 48.0 Å². The van der Waals surface area contributed by atoms with Crippen molar-refractivity contribution in [3.8, 4) is 11.6 Å². The first kappa shape index (κ1) is 15.1. The molecule has 1 saturated heterocycles. The molecule has 0 spiro atoms. The van der Waals surface area contributed by atoms with E-state index in [0.717, 1.165) is 19.4 Å². The van der Waals surface area contributed by atoms with E-state index in [1.165, 1.54) is 0 Å². The molecule has 2 aromatic rings. The van der Waals surface area contributed by atoms with Gasteiger partial charge in [0.1, 0.15) is 5.60 Å². The highest BCUT2D eigenvalue weighted by Gasteiger charge is 2.56. The Morgan fingerprint density at radius 2 is 2.17 bits per heavy atom. The number of piperidine rings is 1. The average Bonchev–Trinajstić information content (AvgIpc) is 3.27. The van der Waals surface area contributed by atoms with Crippen molar-refractivity contribution in [1.29, 1.82) is 0 Å². The molecule has 0 aromatic carbocycles. The number of hydrogen-bond donors (Lipinski definition) is 2. The molecule has 24 heavy (non-hydrogen) atoms. The summed E-state index contributed by atoms with van der Waals surface area (Å²) in [7, 11) is 1.99. The largest absolute Gasteiger partial charge is 0.381 e. The number of aromatic nitrogens is 8. The van der Waals surface area contributed by atoms with E-state index >= 15 is 0 Å². The molecule has 0 radical (unpaired) electrons. The third kappa shape index (κ3) is 2.03. The van der Waals surface area contributed by atoms with E-state index in [4.69, 9.17) is 0 Å². The monoisotopic (exact) mass is 329 g/mol. The highest BCUT2D eigenvalue weighted by Crippen LogP contribution is 2.45. The van der Waals surface area contributed by atoms with Crippen LogP contribution in [0.2, 0.25) is 0 Å².